The van der Waals surface area contributed by atoms with Crippen molar-refractivity contribution in [3.05, 3.63) is 125 Å². The van der Waals surface area contributed by atoms with Crippen molar-refractivity contribution in [2.45, 2.75) is 38.0 Å². The number of aliphatic hydroxyl groups excluding tert-OH is 1. The minimum atomic E-state index is -0.884. The first kappa shape index (κ1) is 24.5. The van der Waals surface area contributed by atoms with Gasteiger partial charge >= 0.3 is 0 Å². The molecule has 0 aliphatic carbocycles. The molecule has 0 saturated heterocycles. The molecule has 0 spiro atoms. The Bertz CT molecular complexity index is 1340. The molecule has 4 aromatic rings. The normalized spacial score (nSPS) is 14.5. The van der Waals surface area contributed by atoms with Gasteiger partial charge in [0.1, 0.15) is 6.10 Å². The van der Waals surface area contributed by atoms with E-state index in [0.29, 0.717) is 19.5 Å². The monoisotopic (exact) mass is 494 g/mol. The maximum absolute atomic E-state index is 13.2. The summed E-state index contributed by atoms with van der Waals surface area (Å²) in [6, 6.07) is 24.4. The van der Waals surface area contributed by atoms with Crippen LogP contribution in [0.3, 0.4) is 0 Å². The third-order valence-electron chi connectivity index (χ3n) is 6.83. The van der Waals surface area contributed by atoms with Gasteiger partial charge in [-0.15, -0.1) is 0 Å². The van der Waals surface area contributed by atoms with Crippen LogP contribution < -0.4 is 5.32 Å². The summed E-state index contributed by atoms with van der Waals surface area (Å²) in [5.41, 5.74) is 5.52. The topological polar surface area (TPSA) is 98.3 Å². The summed E-state index contributed by atoms with van der Waals surface area (Å²) in [5.74, 6) is -0.120. The lowest BCUT2D eigenvalue weighted by atomic mass is 9.94. The van der Waals surface area contributed by atoms with E-state index in [0.717, 1.165) is 34.4 Å². The van der Waals surface area contributed by atoms with Crippen LogP contribution in [0.1, 0.15) is 45.7 Å². The standard InChI is InChI=1S/C30H30N4O3/c35-27(33-29(23-7-3-1-4-8-23)30(37)24-9-5-2-6-10-24)16-21-11-12-22-13-14-34(19-25(22)15-21)28(36)17-26-18-31-20-32-26/h1-12,15,18,20,29-30,37H,13-14,16-17,19H2,(H,31,32)(H,33,35)/t29-,30+/m0/s1. The van der Waals surface area contributed by atoms with Gasteiger partial charge in [0.15, 0.2) is 0 Å². The van der Waals surface area contributed by atoms with Crippen LogP contribution in [0.5, 0.6) is 0 Å². The molecule has 0 saturated carbocycles. The average molecular weight is 495 g/mol. The highest BCUT2D eigenvalue weighted by Gasteiger charge is 2.25. The Morgan fingerprint density at radius 1 is 0.946 bits per heavy atom. The van der Waals surface area contributed by atoms with Crippen molar-refractivity contribution < 1.29 is 14.7 Å². The van der Waals surface area contributed by atoms with Crippen LogP contribution in [0.15, 0.2) is 91.4 Å². The molecule has 0 bridgehead atoms. The molecule has 188 valence electrons. The lowest BCUT2D eigenvalue weighted by molar-refractivity contribution is -0.131. The van der Waals surface area contributed by atoms with Gasteiger partial charge in [-0.25, -0.2) is 4.98 Å². The predicted octanol–water partition coefficient (Wildman–Crippen LogP) is 3.67. The summed E-state index contributed by atoms with van der Waals surface area (Å²) in [4.78, 5) is 34.7. The number of hydrogen-bond acceptors (Lipinski definition) is 4. The van der Waals surface area contributed by atoms with Gasteiger partial charge in [-0.05, 0) is 34.2 Å². The minimum Gasteiger partial charge on any atom is -0.386 e. The molecule has 2 heterocycles. The van der Waals surface area contributed by atoms with Crippen LogP contribution in [0.25, 0.3) is 0 Å². The molecular formula is C30H30N4O3. The number of aromatic nitrogens is 2. The Balaban J connectivity index is 1.27. The minimum absolute atomic E-state index is 0.0543. The number of amides is 2. The summed E-state index contributed by atoms with van der Waals surface area (Å²) in [7, 11) is 0. The van der Waals surface area contributed by atoms with Crippen molar-refractivity contribution in [2.75, 3.05) is 6.54 Å². The number of nitrogens with zero attached hydrogens (tertiary/aromatic N) is 2. The highest BCUT2D eigenvalue weighted by molar-refractivity contribution is 5.80. The Kier molecular flexibility index (Phi) is 7.42. The molecule has 1 aliphatic heterocycles. The van der Waals surface area contributed by atoms with Crippen LogP contribution >= 0.6 is 0 Å². The smallest absolute Gasteiger partial charge is 0.228 e. The molecule has 1 aromatic heterocycles. The van der Waals surface area contributed by atoms with E-state index in [9.17, 15) is 14.7 Å². The number of carbonyl (C=O) groups is 2. The maximum Gasteiger partial charge on any atom is 0.228 e. The van der Waals surface area contributed by atoms with Gasteiger partial charge in [-0.1, -0.05) is 78.9 Å². The molecule has 0 unspecified atom stereocenters. The van der Waals surface area contributed by atoms with E-state index in [-0.39, 0.29) is 18.2 Å². The van der Waals surface area contributed by atoms with Crippen molar-refractivity contribution in [3.8, 4) is 0 Å². The predicted molar refractivity (Wildman–Crippen MR) is 140 cm³/mol. The molecule has 5 rings (SSSR count). The molecule has 2 amide bonds. The van der Waals surface area contributed by atoms with Gasteiger partial charge in [0.25, 0.3) is 0 Å². The van der Waals surface area contributed by atoms with E-state index < -0.39 is 12.1 Å². The summed E-state index contributed by atoms with van der Waals surface area (Å²) in [5, 5.41) is 14.2. The number of aliphatic hydroxyl groups is 1. The molecule has 1 aliphatic rings. The van der Waals surface area contributed by atoms with Gasteiger partial charge in [0.2, 0.25) is 11.8 Å². The van der Waals surface area contributed by atoms with E-state index in [1.807, 2.05) is 77.7 Å². The second-order valence-electron chi connectivity index (χ2n) is 9.41. The largest absolute Gasteiger partial charge is 0.386 e. The van der Waals surface area contributed by atoms with Gasteiger partial charge < -0.3 is 20.3 Å². The first-order valence-electron chi connectivity index (χ1n) is 12.5. The number of imidazole rings is 1. The van der Waals surface area contributed by atoms with Gasteiger partial charge in [0.05, 0.1) is 25.2 Å². The average Bonchev–Trinajstić information content (AvgIpc) is 3.45. The maximum atomic E-state index is 13.2. The number of carbonyl (C=O) groups excluding carboxylic acids is 2. The van der Waals surface area contributed by atoms with E-state index in [1.54, 1.807) is 12.5 Å². The second-order valence-corrected chi connectivity index (χ2v) is 9.41. The van der Waals surface area contributed by atoms with Crippen molar-refractivity contribution in [2.24, 2.45) is 0 Å². The van der Waals surface area contributed by atoms with E-state index in [4.69, 9.17) is 0 Å². The zero-order valence-corrected chi connectivity index (χ0v) is 20.5. The van der Waals surface area contributed by atoms with E-state index in [1.165, 1.54) is 5.56 Å². The van der Waals surface area contributed by atoms with E-state index in [2.05, 4.69) is 21.4 Å². The van der Waals surface area contributed by atoms with Gasteiger partial charge in [0, 0.05) is 25.0 Å². The molecule has 0 radical (unpaired) electrons. The summed E-state index contributed by atoms with van der Waals surface area (Å²) in [6.07, 6.45) is 3.62. The molecule has 3 N–H and O–H groups in total. The molecule has 7 nitrogen and oxygen atoms in total. The fourth-order valence-corrected chi connectivity index (χ4v) is 4.85. The van der Waals surface area contributed by atoms with Crippen molar-refractivity contribution >= 4 is 11.8 Å². The van der Waals surface area contributed by atoms with Gasteiger partial charge in [-0.3, -0.25) is 9.59 Å². The van der Waals surface area contributed by atoms with E-state index >= 15 is 0 Å². The van der Waals surface area contributed by atoms with Crippen LogP contribution in [-0.4, -0.2) is 38.3 Å². The Morgan fingerprint density at radius 3 is 2.38 bits per heavy atom. The van der Waals surface area contributed by atoms with Crippen molar-refractivity contribution in [3.63, 3.8) is 0 Å². The third-order valence-corrected chi connectivity index (χ3v) is 6.83. The highest BCUT2D eigenvalue weighted by atomic mass is 16.3. The first-order chi connectivity index (χ1) is 18.1. The van der Waals surface area contributed by atoms with Crippen molar-refractivity contribution in [1.29, 1.82) is 0 Å². The fourth-order valence-electron chi connectivity index (χ4n) is 4.85. The number of benzene rings is 3. The first-order valence-corrected chi connectivity index (χ1v) is 12.5. The Hall–Kier alpha value is -4.23. The fraction of sp³-hybridized carbons (Fsp3) is 0.233. The third kappa shape index (κ3) is 5.95. The molecule has 3 aromatic carbocycles. The number of hydrogen-bond donors (Lipinski definition) is 3. The number of rotatable bonds is 8. The molecule has 0 fully saturated rings. The number of fused-ring (bicyclic) bond motifs is 1. The van der Waals surface area contributed by atoms with Crippen molar-refractivity contribution in [1.82, 2.24) is 20.2 Å². The highest BCUT2D eigenvalue weighted by Crippen LogP contribution is 2.29. The molecule has 37 heavy (non-hydrogen) atoms. The number of aromatic amines is 1. The quantitative estimate of drug-likeness (QED) is 0.348. The Morgan fingerprint density at radius 2 is 1.68 bits per heavy atom. The number of nitrogens with one attached hydrogen (secondary N) is 2. The van der Waals surface area contributed by atoms with Crippen LogP contribution in [0, 0.1) is 0 Å². The SMILES string of the molecule is O=C(Cc1ccc2c(c1)CN(C(=O)Cc1cnc[nH]1)CC2)N[C@@H](c1ccccc1)[C@H](O)c1ccccc1. The Labute approximate surface area is 216 Å². The zero-order valence-electron chi connectivity index (χ0n) is 20.5. The van der Waals surface area contributed by atoms with Gasteiger partial charge in [-0.2, -0.15) is 0 Å². The summed E-state index contributed by atoms with van der Waals surface area (Å²) < 4.78 is 0. The molecule has 7 heteroatoms. The number of H-pyrrole nitrogens is 1. The molecular weight excluding hydrogens is 464 g/mol. The lowest BCUT2D eigenvalue weighted by Gasteiger charge is -2.29. The summed E-state index contributed by atoms with van der Waals surface area (Å²) in [6.45, 7) is 1.20. The molecule has 2 atom stereocenters. The van der Waals surface area contributed by atoms with Crippen LogP contribution in [-0.2, 0) is 35.4 Å². The second kappa shape index (κ2) is 11.2. The summed E-state index contributed by atoms with van der Waals surface area (Å²) >= 11 is 0. The lowest BCUT2D eigenvalue weighted by Crippen LogP contribution is -2.37. The van der Waals surface area contributed by atoms with Crippen LogP contribution in [0.4, 0.5) is 0 Å². The zero-order chi connectivity index (χ0) is 25.6. The van der Waals surface area contributed by atoms with Crippen LogP contribution in [0.2, 0.25) is 0 Å².